The number of carbonyl (C=O) groups is 1. The van der Waals surface area contributed by atoms with E-state index in [0.29, 0.717) is 0 Å². The normalized spacial score (nSPS) is 12.4. The van der Waals surface area contributed by atoms with Crippen LogP contribution in [0.2, 0.25) is 0 Å². The van der Waals surface area contributed by atoms with Crippen LogP contribution in [0.4, 0.5) is 13.2 Å². The molecule has 0 aromatic heterocycles. The number of amides is 1. The second kappa shape index (κ2) is 5.73. The SMILES string of the molecule is CN(CC(C)(C)O)C(=O)c1cc(C(F)(F)F)ccc1Br. The van der Waals surface area contributed by atoms with Gasteiger partial charge in [-0.1, -0.05) is 0 Å². The number of nitrogens with zero attached hydrogens (tertiary/aromatic N) is 1. The predicted molar refractivity (Wildman–Crippen MR) is 72.4 cm³/mol. The highest BCUT2D eigenvalue weighted by atomic mass is 79.9. The van der Waals surface area contributed by atoms with Crippen molar-refractivity contribution in [2.24, 2.45) is 0 Å². The molecule has 1 N–H and O–H groups in total. The van der Waals surface area contributed by atoms with Crippen LogP contribution in [0.1, 0.15) is 29.8 Å². The molecule has 0 unspecified atom stereocenters. The highest BCUT2D eigenvalue weighted by Crippen LogP contribution is 2.32. The van der Waals surface area contributed by atoms with E-state index in [4.69, 9.17) is 0 Å². The molecule has 1 aromatic rings. The van der Waals surface area contributed by atoms with Crippen LogP contribution in [0.25, 0.3) is 0 Å². The van der Waals surface area contributed by atoms with Crippen LogP contribution in [0.3, 0.4) is 0 Å². The monoisotopic (exact) mass is 353 g/mol. The maximum atomic E-state index is 12.7. The Balaban J connectivity index is 3.10. The van der Waals surface area contributed by atoms with E-state index in [1.807, 2.05) is 0 Å². The standard InChI is InChI=1S/C13H15BrF3NO2/c1-12(2,20)7-18(3)11(19)9-6-8(13(15,16)17)4-5-10(9)14/h4-6,20H,7H2,1-3H3. The number of benzene rings is 1. The molecular formula is C13H15BrF3NO2. The van der Waals surface area contributed by atoms with Gasteiger partial charge in [-0.15, -0.1) is 0 Å². The van der Waals surface area contributed by atoms with Crippen LogP contribution in [0.15, 0.2) is 22.7 Å². The Labute approximate surface area is 123 Å². The molecule has 0 saturated heterocycles. The number of alkyl halides is 3. The summed E-state index contributed by atoms with van der Waals surface area (Å²) in [5.74, 6) is -0.592. The summed E-state index contributed by atoms with van der Waals surface area (Å²) in [7, 11) is 1.42. The van der Waals surface area contributed by atoms with Crippen molar-refractivity contribution in [3.05, 3.63) is 33.8 Å². The molecule has 1 aromatic carbocycles. The third-order valence-electron chi connectivity index (χ3n) is 2.49. The van der Waals surface area contributed by atoms with Crippen molar-refractivity contribution >= 4 is 21.8 Å². The highest BCUT2D eigenvalue weighted by Gasteiger charge is 2.32. The first-order valence-corrected chi connectivity index (χ1v) is 6.56. The zero-order valence-corrected chi connectivity index (χ0v) is 12.8. The average Bonchev–Trinajstić information content (AvgIpc) is 2.24. The van der Waals surface area contributed by atoms with E-state index in [2.05, 4.69) is 15.9 Å². The number of halogens is 4. The summed E-state index contributed by atoms with van der Waals surface area (Å²) >= 11 is 3.07. The summed E-state index contributed by atoms with van der Waals surface area (Å²) in [5, 5.41) is 9.65. The molecule has 0 bridgehead atoms. The summed E-state index contributed by atoms with van der Waals surface area (Å²) in [6, 6.07) is 2.89. The van der Waals surface area contributed by atoms with E-state index in [1.165, 1.54) is 31.9 Å². The minimum Gasteiger partial charge on any atom is -0.389 e. The minimum absolute atomic E-state index is 0.00845. The van der Waals surface area contributed by atoms with E-state index in [0.717, 1.165) is 12.1 Å². The Kier molecular flexibility index (Phi) is 4.86. The van der Waals surface area contributed by atoms with Gasteiger partial charge in [0.15, 0.2) is 0 Å². The number of likely N-dealkylation sites (N-methyl/N-ethyl adjacent to an activating group) is 1. The fourth-order valence-electron chi connectivity index (χ4n) is 1.72. The van der Waals surface area contributed by atoms with Crippen LogP contribution >= 0.6 is 15.9 Å². The van der Waals surface area contributed by atoms with Crippen molar-refractivity contribution in [1.29, 1.82) is 0 Å². The van der Waals surface area contributed by atoms with Crippen LogP contribution in [-0.4, -0.2) is 35.1 Å². The highest BCUT2D eigenvalue weighted by molar-refractivity contribution is 9.10. The molecule has 0 aliphatic rings. The Morgan fingerprint density at radius 3 is 2.35 bits per heavy atom. The molecule has 3 nitrogen and oxygen atoms in total. The third kappa shape index (κ3) is 4.49. The lowest BCUT2D eigenvalue weighted by molar-refractivity contribution is -0.137. The van der Waals surface area contributed by atoms with Gasteiger partial charge in [0, 0.05) is 18.1 Å². The molecule has 0 atom stereocenters. The van der Waals surface area contributed by atoms with Crippen LogP contribution < -0.4 is 0 Å². The molecule has 0 aliphatic heterocycles. The average molecular weight is 354 g/mol. The fraction of sp³-hybridized carbons (Fsp3) is 0.462. The van der Waals surface area contributed by atoms with Gasteiger partial charge in [-0.2, -0.15) is 13.2 Å². The van der Waals surface area contributed by atoms with Crippen molar-refractivity contribution in [2.75, 3.05) is 13.6 Å². The number of carbonyl (C=O) groups excluding carboxylic acids is 1. The van der Waals surface area contributed by atoms with Gasteiger partial charge in [0.05, 0.1) is 16.7 Å². The second-order valence-corrected chi connectivity index (χ2v) is 6.02. The van der Waals surface area contributed by atoms with Gasteiger partial charge in [0.25, 0.3) is 5.91 Å². The summed E-state index contributed by atoms with van der Waals surface area (Å²) < 4.78 is 38.2. The van der Waals surface area contributed by atoms with Gasteiger partial charge in [-0.25, -0.2) is 0 Å². The first-order chi connectivity index (χ1) is 8.92. The summed E-state index contributed by atoms with van der Waals surface area (Å²) in [4.78, 5) is 13.3. The van der Waals surface area contributed by atoms with Gasteiger partial charge in [0.2, 0.25) is 0 Å². The van der Waals surface area contributed by atoms with E-state index in [-0.39, 0.29) is 16.6 Å². The molecule has 112 valence electrons. The van der Waals surface area contributed by atoms with Gasteiger partial charge in [0.1, 0.15) is 0 Å². The number of hydrogen-bond acceptors (Lipinski definition) is 2. The molecule has 0 fully saturated rings. The van der Waals surface area contributed by atoms with E-state index < -0.39 is 23.2 Å². The zero-order valence-electron chi connectivity index (χ0n) is 11.3. The Morgan fingerprint density at radius 2 is 1.90 bits per heavy atom. The van der Waals surface area contributed by atoms with Crippen molar-refractivity contribution in [3.8, 4) is 0 Å². The van der Waals surface area contributed by atoms with Crippen molar-refractivity contribution in [3.63, 3.8) is 0 Å². The van der Waals surface area contributed by atoms with Crippen LogP contribution in [-0.2, 0) is 6.18 Å². The molecule has 0 radical (unpaired) electrons. The van der Waals surface area contributed by atoms with Crippen molar-refractivity contribution < 1.29 is 23.1 Å². The summed E-state index contributed by atoms with van der Waals surface area (Å²) in [6.45, 7) is 3.03. The molecule has 1 rings (SSSR count). The zero-order chi connectivity index (χ0) is 15.7. The van der Waals surface area contributed by atoms with E-state index in [9.17, 15) is 23.1 Å². The van der Waals surface area contributed by atoms with Gasteiger partial charge < -0.3 is 10.0 Å². The third-order valence-corrected chi connectivity index (χ3v) is 3.19. The fourth-order valence-corrected chi connectivity index (χ4v) is 2.14. The molecule has 0 spiro atoms. The van der Waals surface area contributed by atoms with E-state index in [1.54, 1.807) is 0 Å². The summed E-state index contributed by atoms with van der Waals surface area (Å²) in [5.41, 5.74) is -2.11. The Morgan fingerprint density at radius 1 is 1.35 bits per heavy atom. The van der Waals surface area contributed by atoms with Crippen LogP contribution in [0.5, 0.6) is 0 Å². The molecule has 7 heteroatoms. The Hall–Kier alpha value is -1.08. The predicted octanol–water partition coefficient (Wildman–Crippen LogP) is 3.31. The molecule has 1 amide bonds. The number of aliphatic hydroxyl groups is 1. The van der Waals surface area contributed by atoms with Gasteiger partial charge >= 0.3 is 6.18 Å². The second-order valence-electron chi connectivity index (χ2n) is 5.17. The topological polar surface area (TPSA) is 40.5 Å². The van der Waals surface area contributed by atoms with E-state index >= 15 is 0 Å². The van der Waals surface area contributed by atoms with Gasteiger partial charge in [-0.3, -0.25) is 4.79 Å². The maximum absolute atomic E-state index is 12.7. The first-order valence-electron chi connectivity index (χ1n) is 5.76. The maximum Gasteiger partial charge on any atom is 0.416 e. The molecule has 0 heterocycles. The molecular weight excluding hydrogens is 339 g/mol. The smallest absolute Gasteiger partial charge is 0.389 e. The lowest BCUT2D eigenvalue weighted by atomic mass is 10.1. The largest absolute Gasteiger partial charge is 0.416 e. The van der Waals surface area contributed by atoms with Crippen LogP contribution in [0, 0.1) is 0 Å². The molecule has 0 saturated carbocycles. The lowest BCUT2D eigenvalue weighted by Crippen LogP contribution is -2.39. The quantitative estimate of drug-likeness (QED) is 0.905. The van der Waals surface area contributed by atoms with Crippen molar-refractivity contribution in [1.82, 2.24) is 4.90 Å². The number of hydrogen-bond donors (Lipinski definition) is 1. The lowest BCUT2D eigenvalue weighted by Gasteiger charge is -2.26. The van der Waals surface area contributed by atoms with Crippen molar-refractivity contribution in [2.45, 2.75) is 25.6 Å². The summed E-state index contributed by atoms with van der Waals surface area (Å²) in [6.07, 6.45) is -4.51. The Bertz CT molecular complexity index is 509. The van der Waals surface area contributed by atoms with Gasteiger partial charge in [-0.05, 0) is 48.0 Å². The first kappa shape index (κ1) is 17.0. The molecule has 0 aliphatic carbocycles. The minimum atomic E-state index is -4.51. The number of rotatable bonds is 3. The molecule has 20 heavy (non-hydrogen) atoms.